The average molecular weight is 345 g/mol. The fourth-order valence-electron chi connectivity index (χ4n) is 1.65. The van der Waals surface area contributed by atoms with Crippen LogP contribution in [0.4, 0.5) is 4.39 Å². The van der Waals surface area contributed by atoms with Crippen LogP contribution in [-0.2, 0) is 13.2 Å². The highest BCUT2D eigenvalue weighted by Crippen LogP contribution is 2.29. The molecule has 0 unspecified atom stereocenters. The topological polar surface area (TPSA) is 35.2 Å². The SMILES string of the molecule is NCc1cccc(COc2ccc(Cl)cc2Br)c1F. The second-order valence-electron chi connectivity index (χ2n) is 3.96. The van der Waals surface area contributed by atoms with Crippen molar-refractivity contribution in [2.45, 2.75) is 13.2 Å². The maximum absolute atomic E-state index is 13.9. The Morgan fingerprint density at radius 3 is 2.63 bits per heavy atom. The zero-order chi connectivity index (χ0) is 13.8. The molecule has 0 atom stereocenters. The first kappa shape index (κ1) is 14.3. The number of hydrogen-bond acceptors (Lipinski definition) is 2. The zero-order valence-electron chi connectivity index (χ0n) is 10.00. The number of halogens is 3. The normalized spacial score (nSPS) is 10.5. The van der Waals surface area contributed by atoms with Gasteiger partial charge in [-0.2, -0.15) is 0 Å². The van der Waals surface area contributed by atoms with Gasteiger partial charge >= 0.3 is 0 Å². The largest absolute Gasteiger partial charge is 0.488 e. The Labute approximate surface area is 124 Å². The quantitative estimate of drug-likeness (QED) is 0.898. The molecule has 0 bridgehead atoms. The lowest BCUT2D eigenvalue weighted by molar-refractivity contribution is 0.297. The van der Waals surface area contributed by atoms with Crippen LogP contribution in [0.25, 0.3) is 0 Å². The van der Waals surface area contributed by atoms with Gasteiger partial charge in [0.1, 0.15) is 18.2 Å². The summed E-state index contributed by atoms with van der Waals surface area (Å²) in [5.74, 6) is 0.303. The van der Waals surface area contributed by atoms with Gasteiger partial charge in [0.25, 0.3) is 0 Å². The van der Waals surface area contributed by atoms with Crippen LogP contribution in [-0.4, -0.2) is 0 Å². The van der Waals surface area contributed by atoms with E-state index in [1.807, 2.05) is 0 Å². The molecule has 0 aliphatic heterocycles. The molecule has 0 spiro atoms. The molecule has 0 saturated heterocycles. The monoisotopic (exact) mass is 343 g/mol. The Morgan fingerprint density at radius 1 is 1.21 bits per heavy atom. The summed E-state index contributed by atoms with van der Waals surface area (Å²) in [4.78, 5) is 0. The van der Waals surface area contributed by atoms with Gasteiger partial charge in [0.2, 0.25) is 0 Å². The van der Waals surface area contributed by atoms with E-state index in [0.29, 0.717) is 21.9 Å². The van der Waals surface area contributed by atoms with E-state index in [1.165, 1.54) is 0 Å². The van der Waals surface area contributed by atoms with Crippen LogP contribution in [0.5, 0.6) is 5.75 Å². The molecule has 0 heterocycles. The van der Waals surface area contributed by atoms with Crippen LogP contribution in [0.15, 0.2) is 40.9 Å². The summed E-state index contributed by atoms with van der Waals surface area (Å²) in [5.41, 5.74) is 6.42. The number of hydrogen-bond donors (Lipinski definition) is 1. The maximum Gasteiger partial charge on any atom is 0.134 e. The summed E-state index contributed by atoms with van der Waals surface area (Å²) in [5, 5.41) is 0.607. The predicted octanol–water partition coefficient (Wildman–Crippen LogP) is 4.28. The number of benzene rings is 2. The van der Waals surface area contributed by atoms with E-state index in [4.69, 9.17) is 22.1 Å². The third-order valence-electron chi connectivity index (χ3n) is 2.66. The fourth-order valence-corrected chi connectivity index (χ4v) is 2.45. The Kier molecular flexibility index (Phi) is 4.80. The molecule has 2 aromatic carbocycles. The first-order valence-electron chi connectivity index (χ1n) is 5.66. The lowest BCUT2D eigenvalue weighted by Crippen LogP contribution is -2.05. The lowest BCUT2D eigenvalue weighted by atomic mass is 10.1. The third kappa shape index (κ3) is 3.47. The van der Waals surface area contributed by atoms with Crippen molar-refractivity contribution in [2.75, 3.05) is 0 Å². The zero-order valence-corrected chi connectivity index (χ0v) is 12.3. The molecule has 0 aromatic heterocycles. The van der Waals surface area contributed by atoms with Crippen LogP contribution in [0, 0.1) is 5.82 Å². The van der Waals surface area contributed by atoms with Crippen LogP contribution < -0.4 is 10.5 Å². The molecule has 2 aromatic rings. The highest BCUT2D eigenvalue weighted by molar-refractivity contribution is 9.10. The fraction of sp³-hybridized carbons (Fsp3) is 0.143. The Morgan fingerprint density at radius 2 is 1.95 bits per heavy atom. The minimum atomic E-state index is -0.310. The van der Waals surface area contributed by atoms with Crippen molar-refractivity contribution in [3.05, 3.63) is 62.8 Å². The smallest absolute Gasteiger partial charge is 0.134 e. The number of ether oxygens (including phenoxy) is 1. The van der Waals surface area contributed by atoms with E-state index >= 15 is 0 Å². The van der Waals surface area contributed by atoms with Gasteiger partial charge in [0, 0.05) is 22.7 Å². The highest BCUT2D eigenvalue weighted by atomic mass is 79.9. The Balaban J connectivity index is 2.14. The molecule has 2 nitrogen and oxygen atoms in total. The molecule has 0 fully saturated rings. The average Bonchev–Trinajstić information content (AvgIpc) is 2.39. The second kappa shape index (κ2) is 6.37. The molecule has 0 aliphatic rings. The molecule has 2 N–H and O–H groups in total. The molecule has 19 heavy (non-hydrogen) atoms. The van der Waals surface area contributed by atoms with E-state index in [1.54, 1.807) is 36.4 Å². The summed E-state index contributed by atoms with van der Waals surface area (Å²) in [6.45, 7) is 0.310. The minimum Gasteiger partial charge on any atom is -0.488 e. The van der Waals surface area contributed by atoms with Crippen molar-refractivity contribution in [3.8, 4) is 5.75 Å². The molecule has 0 amide bonds. The van der Waals surface area contributed by atoms with Gasteiger partial charge in [0.15, 0.2) is 0 Å². The molecule has 100 valence electrons. The molecule has 0 saturated carbocycles. The number of nitrogens with two attached hydrogens (primary N) is 1. The highest BCUT2D eigenvalue weighted by Gasteiger charge is 2.08. The number of rotatable bonds is 4. The summed E-state index contributed by atoms with van der Waals surface area (Å²) in [6, 6.07) is 10.3. The summed E-state index contributed by atoms with van der Waals surface area (Å²) in [7, 11) is 0. The summed E-state index contributed by atoms with van der Waals surface area (Å²) < 4.78 is 20.3. The van der Waals surface area contributed by atoms with Crippen molar-refractivity contribution in [1.29, 1.82) is 0 Å². The Bertz CT molecular complexity index is 592. The van der Waals surface area contributed by atoms with Gasteiger partial charge in [-0.05, 0) is 34.1 Å². The van der Waals surface area contributed by atoms with E-state index in [2.05, 4.69) is 15.9 Å². The molecule has 5 heteroatoms. The first-order chi connectivity index (χ1) is 9.11. The molecular formula is C14H12BrClFNO. The van der Waals surface area contributed by atoms with Crippen molar-refractivity contribution in [2.24, 2.45) is 5.73 Å². The van der Waals surface area contributed by atoms with Gasteiger partial charge in [-0.3, -0.25) is 0 Å². The molecule has 0 radical (unpaired) electrons. The van der Waals surface area contributed by atoms with Crippen LogP contribution >= 0.6 is 27.5 Å². The summed E-state index contributed by atoms with van der Waals surface area (Å²) in [6.07, 6.45) is 0. The van der Waals surface area contributed by atoms with Crippen molar-refractivity contribution in [3.63, 3.8) is 0 Å². The van der Waals surface area contributed by atoms with E-state index < -0.39 is 0 Å². The van der Waals surface area contributed by atoms with Crippen LogP contribution in [0.1, 0.15) is 11.1 Å². The van der Waals surface area contributed by atoms with Crippen molar-refractivity contribution in [1.82, 2.24) is 0 Å². The summed E-state index contributed by atoms with van der Waals surface area (Å²) >= 11 is 9.18. The molecular weight excluding hydrogens is 333 g/mol. The maximum atomic E-state index is 13.9. The van der Waals surface area contributed by atoms with E-state index in [-0.39, 0.29) is 19.0 Å². The van der Waals surface area contributed by atoms with Gasteiger partial charge in [-0.15, -0.1) is 0 Å². The second-order valence-corrected chi connectivity index (χ2v) is 5.25. The Hall–Kier alpha value is -1.10. The van der Waals surface area contributed by atoms with E-state index in [9.17, 15) is 4.39 Å². The molecule has 2 rings (SSSR count). The predicted molar refractivity (Wildman–Crippen MR) is 77.8 cm³/mol. The first-order valence-corrected chi connectivity index (χ1v) is 6.83. The van der Waals surface area contributed by atoms with Gasteiger partial charge in [-0.25, -0.2) is 4.39 Å². The van der Waals surface area contributed by atoms with E-state index in [0.717, 1.165) is 4.47 Å². The van der Waals surface area contributed by atoms with Crippen LogP contribution in [0.2, 0.25) is 5.02 Å². The van der Waals surface area contributed by atoms with Crippen molar-refractivity contribution >= 4 is 27.5 Å². The van der Waals surface area contributed by atoms with Gasteiger partial charge in [-0.1, -0.05) is 29.8 Å². The van der Waals surface area contributed by atoms with Crippen LogP contribution in [0.3, 0.4) is 0 Å². The standard InChI is InChI=1S/C14H12BrClFNO/c15-12-6-11(16)4-5-13(12)19-8-10-3-1-2-9(7-18)14(10)17/h1-6H,7-8,18H2. The van der Waals surface area contributed by atoms with Gasteiger partial charge < -0.3 is 10.5 Å². The third-order valence-corrected chi connectivity index (χ3v) is 3.51. The van der Waals surface area contributed by atoms with Gasteiger partial charge in [0.05, 0.1) is 4.47 Å². The lowest BCUT2D eigenvalue weighted by Gasteiger charge is -2.10. The molecule has 0 aliphatic carbocycles. The van der Waals surface area contributed by atoms with Crippen molar-refractivity contribution < 1.29 is 9.13 Å². The minimum absolute atomic E-state index is 0.139.